The van der Waals surface area contributed by atoms with E-state index in [-0.39, 0.29) is 5.91 Å². The van der Waals surface area contributed by atoms with Gasteiger partial charge in [-0.05, 0) is 36.9 Å². The van der Waals surface area contributed by atoms with E-state index in [0.29, 0.717) is 13.2 Å². The van der Waals surface area contributed by atoms with E-state index in [2.05, 4.69) is 5.32 Å². The molecule has 1 heterocycles. The zero-order valence-electron chi connectivity index (χ0n) is 11.8. The third-order valence-electron chi connectivity index (χ3n) is 2.84. The summed E-state index contributed by atoms with van der Waals surface area (Å²) in [6.45, 7) is 5.28. The Morgan fingerprint density at radius 2 is 2.05 bits per heavy atom. The highest BCUT2D eigenvalue weighted by atomic mass is 32.1. The Bertz CT molecular complexity index is 560. The molecule has 1 aromatic carbocycles. The summed E-state index contributed by atoms with van der Waals surface area (Å²) in [5, 5.41) is 4.84. The fourth-order valence-electron chi connectivity index (χ4n) is 1.70. The second-order valence-electron chi connectivity index (χ2n) is 4.68. The summed E-state index contributed by atoms with van der Waals surface area (Å²) >= 11 is 1.45. The molecule has 0 bridgehead atoms. The summed E-state index contributed by atoms with van der Waals surface area (Å²) in [5.74, 6) is 0.845. The van der Waals surface area contributed by atoms with Gasteiger partial charge in [0.15, 0.2) is 0 Å². The maximum absolute atomic E-state index is 11.8. The Morgan fingerprint density at radius 3 is 2.75 bits per heavy atom. The van der Waals surface area contributed by atoms with Gasteiger partial charge in [0, 0.05) is 12.1 Å². The average Bonchev–Trinajstić information content (AvgIpc) is 2.93. The van der Waals surface area contributed by atoms with Gasteiger partial charge in [-0.2, -0.15) is 0 Å². The van der Waals surface area contributed by atoms with Crippen molar-refractivity contribution >= 4 is 17.2 Å². The van der Waals surface area contributed by atoms with Crippen LogP contribution in [0.15, 0.2) is 35.7 Å². The van der Waals surface area contributed by atoms with Gasteiger partial charge < -0.3 is 10.1 Å². The molecule has 0 aliphatic heterocycles. The van der Waals surface area contributed by atoms with E-state index in [1.54, 1.807) is 0 Å². The van der Waals surface area contributed by atoms with Crippen molar-refractivity contribution in [3.8, 4) is 5.75 Å². The van der Waals surface area contributed by atoms with E-state index in [4.69, 9.17) is 4.74 Å². The maximum atomic E-state index is 11.8. The minimum absolute atomic E-state index is 0.00145. The first-order chi connectivity index (χ1) is 9.69. The number of rotatable bonds is 6. The van der Waals surface area contributed by atoms with Crippen molar-refractivity contribution in [3.05, 3.63) is 51.7 Å². The molecule has 2 rings (SSSR count). The van der Waals surface area contributed by atoms with Crippen molar-refractivity contribution < 1.29 is 9.53 Å². The number of nitrogens with one attached hydrogen (secondary N) is 1. The maximum Gasteiger partial charge on any atom is 0.261 e. The molecular weight excluding hydrogens is 270 g/mol. The molecule has 2 aromatic rings. The molecule has 0 aliphatic carbocycles. The van der Waals surface area contributed by atoms with Crippen molar-refractivity contribution in [2.75, 3.05) is 6.54 Å². The fraction of sp³-hybridized carbons (Fsp3) is 0.312. The van der Waals surface area contributed by atoms with E-state index >= 15 is 0 Å². The lowest BCUT2D eigenvalue weighted by molar-refractivity contribution is 0.0957. The van der Waals surface area contributed by atoms with Gasteiger partial charge in [0.05, 0.1) is 4.88 Å². The third kappa shape index (κ3) is 4.10. The van der Waals surface area contributed by atoms with Crippen LogP contribution in [0.25, 0.3) is 0 Å². The largest absolute Gasteiger partial charge is 0.489 e. The van der Waals surface area contributed by atoms with E-state index in [1.165, 1.54) is 16.9 Å². The first-order valence-electron chi connectivity index (χ1n) is 6.74. The second kappa shape index (κ2) is 7.10. The van der Waals surface area contributed by atoms with Gasteiger partial charge in [0.1, 0.15) is 12.4 Å². The number of thiophene rings is 1. The number of benzene rings is 1. The first kappa shape index (κ1) is 14.6. The van der Waals surface area contributed by atoms with Crippen molar-refractivity contribution in [1.29, 1.82) is 0 Å². The molecule has 4 heteroatoms. The number of hydrogen-bond donors (Lipinski definition) is 1. The van der Waals surface area contributed by atoms with Crippen LogP contribution in [0.5, 0.6) is 5.75 Å². The summed E-state index contributed by atoms with van der Waals surface area (Å²) in [7, 11) is 0. The molecule has 0 fully saturated rings. The molecule has 0 atom stereocenters. The zero-order chi connectivity index (χ0) is 14.4. The molecule has 3 nitrogen and oxygen atoms in total. The normalized spacial score (nSPS) is 10.3. The summed E-state index contributed by atoms with van der Waals surface area (Å²) in [6.07, 6.45) is 0.945. The third-order valence-corrected chi connectivity index (χ3v) is 3.82. The number of aryl methyl sites for hydroxylation is 1. The van der Waals surface area contributed by atoms with E-state index in [1.807, 2.05) is 49.6 Å². The fourth-order valence-corrected chi connectivity index (χ4v) is 2.51. The van der Waals surface area contributed by atoms with Crippen LogP contribution in [-0.4, -0.2) is 12.5 Å². The van der Waals surface area contributed by atoms with E-state index < -0.39 is 0 Å². The minimum Gasteiger partial charge on any atom is -0.489 e. The summed E-state index contributed by atoms with van der Waals surface area (Å²) in [4.78, 5) is 12.5. The zero-order valence-corrected chi connectivity index (χ0v) is 12.6. The molecule has 0 radical (unpaired) electrons. The Hall–Kier alpha value is -1.81. The highest BCUT2D eigenvalue weighted by Gasteiger charge is 2.08. The van der Waals surface area contributed by atoms with Crippen molar-refractivity contribution in [2.24, 2.45) is 0 Å². The monoisotopic (exact) mass is 289 g/mol. The lowest BCUT2D eigenvalue weighted by Gasteiger charge is -2.04. The quantitative estimate of drug-likeness (QED) is 0.879. The summed E-state index contributed by atoms with van der Waals surface area (Å²) in [5.41, 5.74) is 2.24. The minimum atomic E-state index is -0.00145. The van der Waals surface area contributed by atoms with Crippen molar-refractivity contribution in [2.45, 2.75) is 26.9 Å². The van der Waals surface area contributed by atoms with Crippen LogP contribution in [-0.2, 0) is 6.61 Å². The lowest BCUT2D eigenvalue weighted by atomic mass is 10.2. The molecule has 1 N–H and O–H groups in total. The summed E-state index contributed by atoms with van der Waals surface area (Å²) in [6, 6.07) is 9.84. The molecule has 1 amide bonds. The molecular formula is C16H19NO2S. The van der Waals surface area contributed by atoms with Crippen LogP contribution in [0.3, 0.4) is 0 Å². The highest BCUT2D eigenvalue weighted by molar-refractivity contribution is 7.12. The first-order valence-corrected chi connectivity index (χ1v) is 7.62. The number of carbonyl (C=O) groups is 1. The number of ether oxygens (including phenoxy) is 1. The van der Waals surface area contributed by atoms with Crippen LogP contribution in [0.1, 0.15) is 34.1 Å². The molecule has 1 aromatic heterocycles. The van der Waals surface area contributed by atoms with Crippen LogP contribution in [0.4, 0.5) is 0 Å². The van der Waals surface area contributed by atoms with Gasteiger partial charge in [0.25, 0.3) is 5.91 Å². The molecule has 0 aliphatic rings. The lowest BCUT2D eigenvalue weighted by Crippen LogP contribution is -2.22. The molecule has 0 saturated carbocycles. The standard InChI is InChI=1S/C16H19NO2S/c1-3-8-17-16(18)15-9-13(11-20-15)10-19-14-6-4-12(2)5-7-14/h4-7,9,11H,3,8,10H2,1-2H3,(H,17,18). The molecule has 106 valence electrons. The molecule has 20 heavy (non-hydrogen) atoms. The van der Waals surface area contributed by atoms with Crippen molar-refractivity contribution in [3.63, 3.8) is 0 Å². The average molecular weight is 289 g/mol. The smallest absolute Gasteiger partial charge is 0.261 e. The van der Waals surface area contributed by atoms with Crippen LogP contribution >= 0.6 is 11.3 Å². The summed E-state index contributed by atoms with van der Waals surface area (Å²) < 4.78 is 5.70. The molecule has 0 spiro atoms. The predicted octanol–water partition coefficient (Wildman–Crippen LogP) is 3.78. The van der Waals surface area contributed by atoms with Crippen LogP contribution < -0.4 is 10.1 Å². The number of amides is 1. The predicted molar refractivity (Wildman–Crippen MR) is 82.5 cm³/mol. The van der Waals surface area contributed by atoms with Gasteiger partial charge in [-0.1, -0.05) is 24.6 Å². The Balaban J connectivity index is 1.89. The van der Waals surface area contributed by atoms with Crippen LogP contribution in [0.2, 0.25) is 0 Å². The van der Waals surface area contributed by atoms with Gasteiger partial charge >= 0.3 is 0 Å². The van der Waals surface area contributed by atoms with Crippen LogP contribution in [0, 0.1) is 6.92 Å². The number of carbonyl (C=O) groups excluding carboxylic acids is 1. The number of hydrogen-bond acceptors (Lipinski definition) is 3. The van der Waals surface area contributed by atoms with E-state index in [0.717, 1.165) is 22.6 Å². The SMILES string of the molecule is CCCNC(=O)c1cc(COc2ccc(C)cc2)cs1. The second-order valence-corrected chi connectivity index (χ2v) is 5.59. The molecule has 0 saturated heterocycles. The Labute approximate surface area is 123 Å². The Kier molecular flexibility index (Phi) is 5.18. The van der Waals surface area contributed by atoms with Gasteiger partial charge in [-0.3, -0.25) is 4.79 Å². The van der Waals surface area contributed by atoms with Gasteiger partial charge in [-0.15, -0.1) is 11.3 Å². The highest BCUT2D eigenvalue weighted by Crippen LogP contribution is 2.18. The Morgan fingerprint density at radius 1 is 1.30 bits per heavy atom. The van der Waals surface area contributed by atoms with Gasteiger partial charge in [0.2, 0.25) is 0 Å². The van der Waals surface area contributed by atoms with Crippen molar-refractivity contribution in [1.82, 2.24) is 5.32 Å². The molecule has 0 unspecified atom stereocenters. The van der Waals surface area contributed by atoms with E-state index in [9.17, 15) is 4.79 Å². The van der Waals surface area contributed by atoms with Gasteiger partial charge in [-0.25, -0.2) is 0 Å². The topological polar surface area (TPSA) is 38.3 Å².